The SMILES string of the molecule is Cc1ccc(-c2ccc(Oc3ccc(C(N)=O)cc3[N+](=O)[O-])cc2)cc1. The molecule has 3 aromatic rings. The smallest absolute Gasteiger partial charge is 0.312 e. The van der Waals surface area contributed by atoms with Crippen LogP contribution in [0.1, 0.15) is 15.9 Å². The summed E-state index contributed by atoms with van der Waals surface area (Å²) in [4.78, 5) is 21.8. The summed E-state index contributed by atoms with van der Waals surface area (Å²) < 4.78 is 5.62. The number of benzene rings is 3. The first-order valence-corrected chi connectivity index (χ1v) is 7.87. The first kappa shape index (κ1) is 17.2. The molecule has 26 heavy (non-hydrogen) atoms. The third-order valence-electron chi connectivity index (χ3n) is 3.91. The van der Waals surface area contributed by atoms with Crippen LogP contribution in [-0.2, 0) is 0 Å². The first-order valence-electron chi connectivity index (χ1n) is 7.87. The molecule has 3 aromatic carbocycles. The highest BCUT2D eigenvalue weighted by Crippen LogP contribution is 2.33. The van der Waals surface area contributed by atoms with Crippen LogP contribution in [0.5, 0.6) is 11.5 Å². The number of nitro benzene ring substituents is 1. The average Bonchev–Trinajstić information content (AvgIpc) is 2.63. The third kappa shape index (κ3) is 3.70. The molecule has 0 aliphatic rings. The van der Waals surface area contributed by atoms with Crippen molar-refractivity contribution in [2.45, 2.75) is 6.92 Å². The Labute approximate surface area is 150 Å². The highest BCUT2D eigenvalue weighted by molar-refractivity contribution is 5.93. The fourth-order valence-electron chi connectivity index (χ4n) is 2.49. The summed E-state index contributed by atoms with van der Waals surface area (Å²) in [5.41, 5.74) is 8.16. The molecule has 3 rings (SSSR count). The van der Waals surface area contributed by atoms with Crippen molar-refractivity contribution in [3.05, 3.63) is 88.0 Å². The van der Waals surface area contributed by atoms with Gasteiger partial charge in [-0.3, -0.25) is 14.9 Å². The van der Waals surface area contributed by atoms with Crippen LogP contribution in [0.3, 0.4) is 0 Å². The van der Waals surface area contributed by atoms with E-state index in [0.717, 1.165) is 17.2 Å². The normalized spacial score (nSPS) is 10.3. The third-order valence-corrected chi connectivity index (χ3v) is 3.91. The summed E-state index contributed by atoms with van der Waals surface area (Å²) in [6.07, 6.45) is 0. The van der Waals surface area contributed by atoms with E-state index in [0.29, 0.717) is 5.75 Å². The second-order valence-corrected chi connectivity index (χ2v) is 5.80. The number of rotatable bonds is 5. The number of primary amides is 1. The summed E-state index contributed by atoms with van der Waals surface area (Å²) in [6.45, 7) is 2.02. The van der Waals surface area contributed by atoms with Gasteiger partial charge in [-0.25, -0.2) is 0 Å². The molecule has 1 amide bonds. The van der Waals surface area contributed by atoms with Crippen molar-refractivity contribution in [3.63, 3.8) is 0 Å². The van der Waals surface area contributed by atoms with Crippen molar-refractivity contribution in [1.29, 1.82) is 0 Å². The van der Waals surface area contributed by atoms with Crippen LogP contribution in [0.25, 0.3) is 11.1 Å². The Morgan fingerprint density at radius 1 is 0.962 bits per heavy atom. The van der Waals surface area contributed by atoms with E-state index in [4.69, 9.17) is 10.5 Å². The molecule has 0 aromatic heterocycles. The molecule has 0 saturated heterocycles. The number of nitrogens with zero attached hydrogens (tertiary/aromatic N) is 1. The molecule has 0 radical (unpaired) electrons. The Balaban J connectivity index is 1.86. The summed E-state index contributed by atoms with van der Waals surface area (Å²) in [5.74, 6) is -0.235. The predicted octanol–water partition coefficient (Wildman–Crippen LogP) is 4.46. The second kappa shape index (κ2) is 7.06. The minimum Gasteiger partial charge on any atom is -0.450 e. The fraction of sp³-hybridized carbons (Fsp3) is 0.0500. The number of amides is 1. The van der Waals surface area contributed by atoms with Crippen LogP contribution in [0.2, 0.25) is 0 Å². The molecule has 6 heteroatoms. The molecule has 0 atom stereocenters. The number of aryl methyl sites for hydroxylation is 1. The standard InChI is InChI=1S/C20H16N2O4/c1-13-2-4-14(5-3-13)15-6-9-17(10-7-15)26-19-11-8-16(20(21)23)12-18(19)22(24)25/h2-12H,1H3,(H2,21,23). The van der Waals surface area contributed by atoms with Crippen LogP contribution in [0, 0.1) is 17.0 Å². The van der Waals surface area contributed by atoms with E-state index in [1.165, 1.54) is 17.7 Å². The van der Waals surface area contributed by atoms with E-state index in [-0.39, 0.29) is 17.0 Å². The van der Waals surface area contributed by atoms with E-state index < -0.39 is 10.8 Å². The van der Waals surface area contributed by atoms with Crippen molar-refractivity contribution in [2.75, 3.05) is 0 Å². The summed E-state index contributed by atoms with van der Waals surface area (Å²) >= 11 is 0. The van der Waals surface area contributed by atoms with Gasteiger partial charge >= 0.3 is 5.69 Å². The van der Waals surface area contributed by atoms with Crippen molar-refractivity contribution in [3.8, 4) is 22.6 Å². The highest BCUT2D eigenvalue weighted by Gasteiger charge is 2.18. The molecule has 0 aliphatic heterocycles. The Morgan fingerprint density at radius 3 is 2.08 bits per heavy atom. The molecule has 0 aliphatic carbocycles. The lowest BCUT2D eigenvalue weighted by molar-refractivity contribution is -0.385. The van der Waals surface area contributed by atoms with Gasteiger partial charge in [-0.15, -0.1) is 0 Å². The van der Waals surface area contributed by atoms with E-state index in [1.54, 1.807) is 12.1 Å². The molecule has 0 unspecified atom stereocenters. The zero-order valence-corrected chi connectivity index (χ0v) is 14.0. The van der Waals surface area contributed by atoms with Crippen molar-refractivity contribution in [2.24, 2.45) is 5.73 Å². The number of carbonyl (C=O) groups is 1. The molecular weight excluding hydrogens is 332 g/mol. The summed E-state index contributed by atoms with van der Waals surface area (Å²) in [5, 5.41) is 11.2. The lowest BCUT2D eigenvalue weighted by atomic mass is 10.0. The number of carbonyl (C=O) groups excluding carboxylic acids is 1. The van der Waals surface area contributed by atoms with Crippen molar-refractivity contribution >= 4 is 11.6 Å². The molecule has 6 nitrogen and oxygen atoms in total. The molecule has 0 fully saturated rings. The van der Waals surface area contributed by atoms with Gasteiger partial charge in [0.15, 0.2) is 0 Å². The Morgan fingerprint density at radius 2 is 1.54 bits per heavy atom. The van der Waals surface area contributed by atoms with Crippen LogP contribution < -0.4 is 10.5 Å². The monoisotopic (exact) mass is 348 g/mol. The topological polar surface area (TPSA) is 95.5 Å². The number of nitro groups is 1. The average molecular weight is 348 g/mol. The minimum absolute atomic E-state index is 0.0445. The molecule has 0 bridgehead atoms. The quantitative estimate of drug-likeness (QED) is 0.544. The maximum absolute atomic E-state index is 11.2. The first-order chi connectivity index (χ1) is 12.4. The van der Waals surface area contributed by atoms with Gasteiger partial charge in [0, 0.05) is 11.6 Å². The van der Waals surface area contributed by atoms with Gasteiger partial charge in [0.1, 0.15) is 5.75 Å². The lowest BCUT2D eigenvalue weighted by Crippen LogP contribution is -2.11. The second-order valence-electron chi connectivity index (χ2n) is 5.80. The van der Waals surface area contributed by atoms with Gasteiger partial charge in [-0.05, 0) is 42.3 Å². The zero-order valence-electron chi connectivity index (χ0n) is 14.0. The molecule has 2 N–H and O–H groups in total. The van der Waals surface area contributed by atoms with E-state index in [1.807, 2.05) is 43.3 Å². The van der Waals surface area contributed by atoms with Crippen LogP contribution in [0.15, 0.2) is 66.7 Å². The van der Waals surface area contributed by atoms with E-state index >= 15 is 0 Å². The number of ether oxygens (including phenoxy) is 1. The van der Waals surface area contributed by atoms with Gasteiger partial charge < -0.3 is 10.5 Å². The maximum Gasteiger partial charge on any atom is 0.312 e. The molecule has 0 saturated carbocycles. The van der Waals surface area contributed by atoms with Crippen molar-refractivity contribution in [1.82, 2.24) is 0 Å². The fourth-order valence-corrected chi connectivity index (χ4v) is 2.49. The Hall–Kier alpha value is -3.67. The Kier molecular flexibility index (Phi) is 4.66. The van der Waals surface area contributed by atoms with Gasteiger partial charge in [-0.2, -0.15) is 0 Å². The predicted molar refractivity (Wildman–Crippen MR) is 98.3 cm³/mol. The maximum atomic E-state index is 11.2. The highest BCUT2D eigenvalue weighted by atomic mass is 16.6. The van der Waals surface area contributed by atoms with Crippen LogP contribution >= 0.6 is 0 Å². The molecular formula is C20H16N2O4. The van der Waals surface area contributed by atoms with Gasteiger partial charge in [0.05, 0.1) is 4.92 Å². The largest absolute Gasteiger partial charge is 0.450 e. The lowest BCUT2D eigenvalue weighted by Gasteiger charge is -2.08. The van der Waals surface area contributed by atoms with Crippen LogP contribution in [-0.4, -0.2) is 10.8 Å². The molecule has 0 heterocycles. The Bertz CT molecular complexity index is 964. The zero-order chi connectivity index (χ0) is 18.7. The van der Waals surface area contributed by atoms with E-state index in [2.05, 4.69) is 0 Å². The van der Waals surface area contributed by atoms with Crippen LogP contribution in [0.4, 0.5) is 5.69 Å². The van der Waals surface area contributed by atoms with Gasteiger partial charge in [0.25, 0.3) is 0 Å². The van der Waals surface area contributed by atoms with Gasteiger partial charge in [0.2, 0.25) is 11.7 Å². The summed E-state index contributed by atoms with van der Waals surface area (Å²) in [6, 6.07) is 19.2. The number of hydrogen-bond donors (Lipinski definition) is 1. The molecule has 130 valence electrons. The van der Waals surface area contributed by atoms with Crippen molar-refractivity contribution < 1.29 is 14.5 Å². The number of hydrogen-bond acceptors (Lipinski definition) is 4. The molecule has 0 spiro atoms. The summed E-state index contributed by atoms with van der Waals surface area (Å²) in [7, 11) is 0. The minimum atomic E-state index is -0.734. The van der Waals surface area contributed by atoms with E-state index in [9.17, 15) is 14.9 Å². The number of nitrogens with two attached hydrogens (primary N) is 1. The van der Waals surface area contributed by atoms with Gasteiger partial charge in [-0.1, -0.05) is 42.0 Å².